The molecule has 3 rings (SSSR count). The number of pyridine rings is 1. The van der Waals surface area contributed by atoms with Gasteiger partial charge in [-0.3, -0.25) is 5.10 Å². The summed E-state index contributed by atoms with van der Waals surface area (Å²) in [6, 6.07) is 1.80. The number of fused-ring (bicyclic) bond motifs is 1. The van der Waals surface area contributed by atoms with Gasteiger partial charge in [0.1, 0.15) is 5.15 Å². The fourth-order valence-electron chi connectivity index (χ4n) is 2.42. The van der Waals surface area contributed by atoms with Crippen LogP contribution in [0.2, 0.25) is 5.15 Å². The molecule has 2 aromatic heterocycles. The van der Waals surface area contributed by atoms with Gasteiger partial charge < -0.3 is 9.64 Å². The van der Waals surface area contributed by atoms with Crippen molar-refractivity contribution >= 4 is 28.3 Å². The zero-order valence-corrected chi connectivity index (χ0v) is 10.9. The van der Waals surface area contributed by atoms with Gasteiger partial charge in [0.25, 0.3) is 0 Å². The molecule has 0 unspecified atom stereocenters. The number of nitrogens with zero attached hydrogens (tertiary/aromatic N) is 3. The smallest absolute Gasteiger partial charge is 0.159 e. The zero-order chi connectivity index (χ0) is 12.5. The number of H-pyrrole nitrogens is 1. The van der Waals surface area contributed by atoms with Crippen molar-refractivity contribution in [1.29, 1.82) is 0 Å². The monoisotopic (exact) mass is 266 g/mol. The summed E-state index contributed by atoms with van der Waals surface area (Å²) in [6.07, 6.45) is 4.22. The molecular weight excluding hydrogens is 252 g/mol. The van der Waals surface area contributed by atoms with Crippen molar-refractivity contribution in [2.45, 2.75) is 18.9 Å². The Morgan fingerprint density at radius 3 is 2.94 bits per heavy atom. The van der Waals surface area contributed by atoms with E-state index in [0.29, 0.717) is 11.3 Å². The minimum absolute atomic E-state index is 0.374. The molecule has 2 aromatic rings. The van der Waals surface area contributed by atoms with Gasteiger partial charge in [-0.05, 0) is 12.8 Å². The van der Waals surface area contributed by atoms with Gasteiger partial charge in [-0.25, -0.2) is 4.98 Å². The Balaban J connectivity index is 1.87. The van der Waals surface area contributed by atoms with Crippen LogP contribution in [0.4, 0.5) is 5.82 Å². The third-order valence-electron chi connectivity index (χ3n) is 3.47. The highest BCUT2D eigenvalue weighted by molar-refractivity contribution is 6.30. The Morgan fingerprint density at radius 2 is 2.22 bits per heavy atom. The molecule has 5 nitrogen and oxygen atoms in total. The summed E-state index contributed by atoms with van der Waals surface area (Å²) in [5, 5.41) is 8.88. The van der Waals surface area contributed by atoms with Crippen LogP contribution in [-0.4, -0.2) is 41.5 Å². The molecule has 3 heterocycles. The van der Waals surface area contributed by atoms with Crippen LogP contribution in [0, 0.1) is 0 Å². The van der Waals surface area contributed by atoms with E-state index >= 15 is 0 Å². The number of hydrogen-bond donors (Lipinski definition) is 1. The van der Waals surface area contributed by atoms with Crippen LogP contribution in [0.25, 0.3) is 10.9 Å². The summed E-state index contributed by atoms with van der Waals surface area (Å²) < 4.78 is 5.38. The molecule has 0 aromatic carbocycles. The van der Waals surface area contributed by atoms with E-state index in [9.17, 15) is 0 Å². The molecule has 96 valence electrons. The molecule has 0 radical (unpaired) electrons. The quantitative estimate of drug-likeness (QED) is 0.847. The molecule has 0 bridgehead atoms. The number of methoxy groups -OCH3 is 1. The SMILES string of the molecule is COC1CCN(c2n[nH]c3cc(Cl)ncc23)CC1. The lowest BCUT2D eigenvalue weighted by atomic mass is 10.1. The first kappa shape index (κ1) is 11.7. The average Bonchev–Trinajstić information content (AvgIpc) is 2.81. The van der Waals surface area contributed by atoms with E-state index in [4.69, 9.17) is 16.3 Å². The summed E-state index contributed by atoms with van der Waals surface area (Å²) in [5.74, 6) is 0.962. The average molecular weight is 267 g/mol. The van der Waals surface area contributed by atoms with Crippen LogP contribution in [0.15, 0.2) is 12.3 Å². The van der Waals surface area contributed by atoms with Gasteiger partial charge in [0.05, 0.1) is 17.0 Å². The fourth-order valence-corrected chi connectivity index (χ4v) is 2.58. The van der Waals surface area contributed by atoms with Crippen LogP contribution < -0.4 is 4.90 Å². The number of aromatic amines is 1. The Bertz CT molecular complexity index is 548. The molecule has 0 spiro atoms. The van der Waals surface area contributed by atoms with E-state index < -0.39 is 0 Å². The number of ether oxygens (including phenoxy) is 1. The minimum Gasteiger partial charge on any atom is -0.381 e. The number of halogens is 1. The number of nitrogens with one attached hydrogen (secondary N) is 1. The Hall–Kier alpha value is -1.33. The maximum absolute atomic E-state index is 5.86. The Kier molecular flexibility index (Phi) is 3.09. The summed E-state index contributed by atoms with van der Waals surface area (Å²) in [7, 11) is 1.77. The standard InChI is InChI=1S/C12H15ClN4O/c1-18-8-2-4-17(5-3-8)12-9-7-14-11(13)6-10(9)15-16-12/h6-8H,2-5H2,1H3,(H,15,16). The van der Waals surface area contributed by atoms with E-state index in [-0.39, 0.29) is 0 Å². The third kappa shape index (κ3) is 2.04. The number of aromatic nitrogens is 3. The van der Waals surface area contributed by atoms with Crippen molar-refractivity contribution < 1.29 is 4.74 Å². The molecule has 0 amide bonds. The van der Waals surface area contributed by atoms with Crippen LogP contribution >= 0.6 is 11.6 Å². The summed E-state index contributed by atoms with van der Waals surface area (Å²) in [6.45, 7) is 1.92. The highest BCUT2D eigenvalue weighted by atomic mass is 35.5. The lowest BCUT2D eigenvalue weighted by Crippen LogP contribution is -2.36. The molecule has 1 saturated heterocycles. The van der Waals surface area contributed by atoms with Gasteiger partial charge in [0.15, 0.2) is 5.82 Å². The van der Waals surface area contributed by atoms with Gasteiger partial charge in [0.2, 0.25) is 0 Å². The van der Waals surface area contributed by atoms with Crippen molar-refractivity contribution in [3.05, 3.63) is 17.4 Å². The number of rotatable bonds is 2. The Morgan fingerprint density at radius 1 is 1.44 bits per heavy atom. The highest BCUT2D eigenvalue weighted by Gasteiger charge is 2.22. The number of anilines is 1. The van der Waals surface area contributed by atoms with Crippen LogP contribution in [0.1, 0.15) is 12.8 Å². The lowest BCUT2D eigenvalue weighted by Gasteiger charge is -2.31. The van der Waals surface area contributed by atoms with E-state index in [1.807, 2.05) is 0 Å². The predicted molar refractivity (Wildman–Crippen MR) is 71.1 cm³/mol. The van der Waals surface area contributed by atoms with Gasteiger partial charge >= 0.3 is 0 Å². The first-order valence-electron chi connectivity index (χ1n) is 6.05. The second-order valence-electron chi connectivity index (χ2n) is 4.52. The summed E-state index contributed by atoms with van der Waals surface area (Å²) in [5.41, 5.74) is 0.930. The second-order valence-corrected chi connectivity index (χ2v) is 4.91. The third-order valence-corrected chi connectivity index (χ3v) is 3.68. The first-order chi connectivity index (χ1) is 8.78. The van der Waals surface area contributed by atoms with Gasteiger partial charge in [-0.1, -0.05) is 11.6 Å². The predicted octanol–water partition coefficient (Wildman–Crippen LogP) is 2.23. The molecule has 1 aliphatic heterocycles. The Labute approximate surface area is 110 Å². The normalized spacial score (nSPS) is 17.6. The van der Waals surface area contributed by atoms with Crippen molar-refractivity contribution in [3.63, 3.8) is 0 Å². The van der Waals surface area contributed by atoms with E-state index in [1.165, 1.54) is 0 Å². The first-order valence-corrected chi connectivity index (χ1v) is 6.43. The molecule has 0 atom stereocenters. The van der Waals surface area contributed by atoms with E-state index in [1.54, 1.807) is 19.4 Å². The minimum atomic E-state index is 0.374. The number of piperidine rings is 1. The second kappa shape index (κ2) is 4.74. The largest absolute Gasteiger partial charge is 0.381 e. The number of hydrogen-bond acceptors (Lipinski definition) is 4. The van der Waals surface area contributed by atoms with Crippen molar-refractivity contribution in [2.75, 3.05) is 25.1 Å². The molecule has 1 aliphatic rings. The molecule has 0 saturated carbocycles. The van der Waals surface area contributed by atoms with Crippen LogP contribution in [0.5, 0.6) is 0 Å². The molecule has 18 heavy (non-hydrogen) atoms. The molecule has 0 aliphatic carbocycles. The molecular formula is C12H15ClN4O. The van der Waals surface area contributed by atoms with Crippen molar-refractivity contribution in [2.24, 2.45) is 0 Å². The van der Waals surface area contributed by atoms with Crippen LogP contribution in [-0.2, 0) is 4.74 Å². The summed E-state index contributed by atoms with van der Waals surface area (Å²) in [4.78, 5) is 6.39. The zero-order valence-electron chi connectivity index (χ0n) is 10.2. The van der Waals surface area contributed by atoms with Gasteiger partial charge in [-0.2, -0.15) is 5.10 Å². The van der Waals surface area contributed by atoms with Crippen molar-refractivity contribution in [1.82, 2.24) is 15.2 Å². The van der Waals surface area contributed by atoms with E-state index in [0.717, 1.165) is 42.7 Å². The molecule has 6 heteroatoms. The van der Waals surface area contributed by atoms with E-state index in [2.05, 4.69) is 20.1 Å². The molecule has 1 N–H and O–H groups in total. The van der Waals surface area contributed by atoms with Crippen LogP contribution in [0.3, 0.4) is 0 Å². The van der Waals surface area contributed by atoms with Crippen molar-refractivity contribution in [3.8, 4) is 0 Å². The molecule has 1 fully saturated rings. The van der Waals surface area contributed by atoms with Gasteiger partial charge in [-0.15, -0.1) is 0 Å². The highest BCUT2D eigenvalue weighted by Crippen LogP contribution is 2.27. The maximum Gasteiger partial charge on any atom is 0.159 e. The topological polar surface area (TPSA) is 54.0 Å². The lowest BCUT2D eigenvalue weighted by molar-refractivity contribution is 0.0818. The fraction of sp³-hybridized carbons (Fsp3) is 0.500. The maximum atomic E-state index is 5.86. The van der Waals surface area contributed by atoms with Gasteiger partial charge in [0, 0.05) is 32.5 Å². The summed E-state index contributed by atoms with van der Waals surface area (Å²) >= 11 is 5.86.